The van der Waals surface area contributed by atoms with Crippen molar-refractivity contribution in [2.45, 2.75) is 32.1 Å². The number of allylic oxidation sites excluding steroid dienone is 1. The van der Waals surface area contributed by atoms with Crippen molar-refractivity contribution >= 4 is 17.7 Å². The van der Waals surface area contributed by atoms with Crippen LogP contribution in [0.5, 0.6) is 0 Å². The normalized spacial score (nSPS) is 17.3. The van der Waals surface area contributed by atoms with Crippen molar-refractivity contribution in [1.29, 1.82) is 0 Å². The minimum absolute atomic E-state index is 0.00413. The summed E-state index contributed by atoms with van der Waals surface area (Å²) in [7, 11) is 0. The highest BCUT2D eigenvalue weighted by Crippen LogP contribution is 2.33. The van der Waals surface area contributed by atoms with Gasteiger partial charge >= 0.3 is 0 Å². The molecule has 1 aliphatic carbocycles. The molecule has 0 aromatic heterocycles. The van der Waals surface area contributed by atoms with E-state index in [1.54, 1.807) is 0 Å². The topological polar surface area (TPSA) is 0 Å². The second kappa shape index (κ2) is 6.77. The van der Waals surface area contributed by atoms with Crippen LogP contribution in [-0.4, -0.2) is 5.88 Å². The van der Waals surface area contributed by atoms with Crippen LogP contribution in [0.2, 0.25) is 0 Å². The van der Waals surface area contributed by atoms with E-state index in [4.69, 9.17) is 11.6 Å². The zero-order valence-corrected chi connectivity index (χ0v) is 11.9. The highest BCUT2D eigenvalue weighted by molar-refractivity contribution is 6.19. The van der Waals surface area contributed by atoms with Crippen LogP contribution in [0.15, 0.2) is 5.57 Å². The third-order valence-corrected chi connectivity index (χ3v) is 4.17. The zero-order chi connectivity index (χ0) is 15.6. The third kappa shape index (κ3) is 3.23. The average Bonchev–Trinajstić information content (AvgIpc) is 2.52. The molecule has 0 spiro atoms. The SMILES string of the molecule is Fc1c(F)c(F)c(/C=C(/CCl)C2CCCCC2)c(F)c1F. The summed E-state index contributed by atoms with van der Waals surface area (Å²) in [5.41, 5.74) is -0.396. The van der Waals surface area contributed by atoms with Gasteiger partial charge in [0, 0.05) is 5.88 Å². The fourth-order valence-electron chi connectivity index (χ4n) is 2.67. The van der Waals surface area contributed by atoms with Gasteiger partial charge in [-0.05, 0) is 24.8 Å². The van der Waals surface area contributed by atoms with Gasteiger partial charge in [0.15, 0.2) is 23.3 Å². The predicted molar refractivity (Wildman–Crippen MR) is 71.5 cm³/mol. The van der Waals surface area contributed by atoms with Gasteiger partial charge < -0.3 is 0 Å². The second-order valence-corrected chi connectivity index (χ2v) is 5.44. The molecule has 0 nitrogen and oxygen atoms in total. The van der Waals surface area contributed by atoms with Crippen molar-refractivity contribution in [3.05, 3.63) is 40.2 Å². The van der Waals surface area contributed by atoms with Gasteiger partial charge in [0.1, 0.15) is 0 Å². The molecular weight excluding hydrogens is 311 g/mol. The van der Waals surface area contributed by atoms with Crippen molar-refractivity contribution in [3.63, 3.8) is 0 Å². The van der Waals surface area contributed by atoms with Crippen molar-refractivity contribution in [3.8, 4) is 0 Å². The molecule has 0 aliphatic heterocycles. The van der Waals surface area contributed by atoms with Crippen molar-refractivity contribution in [2.24, 2.45) is 5.92 Å². The lowest BCUT2D eigenvalue weighted by Crippen LogP contribution is -2.11. The van der Waals surface area contributed by atoms with Crippen molar-refractivity contribution in [2.75, 3.05) is 5.88 Å². The highest BCUT2D eigenvalue weighted by Gasteiger charge is 2.26. The molecule has 0 N–H and O–H groups in total. The number of hydrogen-bond acceptors (Lipinski definition) is 0. The molecule has 0 bridgehead atoms. The Bertz CT molecular complexity index is 533. The first-order valence-electron chi connectivity index (χ1n) is 6.75. The summed E-state index contributed by atoms with van der Waals surface area (Å²) in [5.74, 6) is -9.60. The lowest BCUT2D eigenvalue weighted by atomic mass is 9.83. The first-order chi connectivity index (χ1) is 9.97. The van der Waals surface area contributed by atoms with Crippen molar-refractivity contribution in [1.82, 2.24) is 0 Å². The standard InChI is InChI=1S/C15H14ClF5/c16-7-9(8-4-2-1-3-5-8)6-10-11(17)13(19)15(21)14(20)12(10)18/h6,8H,1-5,7H2/b9-6-. The smallest absolute Gasteiger partial charge is 0.200 e. The van der Waals surface area contributed by atoms with Crippen LogP contribution in [0.3, 0.4) is 0 Å². The molecule has 0 saturated heterocycles. The molecule has 1 aromatic rings. The largest absolute Gasteiger partial charge is 0.203 e. The molecule has 1 aliphatic rings. The molecule has 2 rings (SSSR count). The Balaban J connectivity index is 2.47. The summed E-state index contributed by atoms with van der Waals surface area (Å²) in [6.45, 7) is 0. The first-order valence-corrected chi connectivity index (χ1v) is 7.28. The van der Waals surface area contributed by atoms with Crippen molar-refractivity contribution < 1.29 is 22.0 Å². The number of benzene rings is 1. The summed E-state index contributed by atoms with van der Waals surface area (Å²) in [6.07, 6.45) is 5.65. The fraction of sp³-hybridized carbons (Fsp3) is 0.467. The Kier molecular flexibility index (Phi) is 5.25. The molecule has 6 heteroatoms. The molecular formula is C15H14ClF5. The minimum atomic E-state index is -2.15. The molecule has 1 fully saturated rings. The maximum absolute atomic E-state index is 13.7. The maximum Gasteiger partial charge on any atom is 0.200 e. The molecule has 0 atom stereocenters. The quantitative estimate of drug-likeness (QED) is 0.294. The van der Waals surface area contributed by atoms with E-state index in [2.05, 4.69) is 0 Å². The van der Waals surface area contributed by atoms with Gasteiger partial charge in [0.25, 0.3) is 0 Å². The minimum Gasteiger partial charge on any atom is -0.203 e. The fourth-order valence-corrected chi connectivity index (χ4v) is 2.97. The Morgan fingerprint density at radius 2 is 1.33 bits per heavy atom. The lowest BCUT2D eigenvalue weighted by molar-refractivity contribution is 0.376. The van der Waals surface area contributed by atoms with Gasteiger partial charge in [0.05, 0.1) is 5.56 Å². The second-order valence-electron chi connectivity index (χ2n) is 5.17. The Morgan fingerprint density at radius 1 is 0.857 bits per heavy atom. The molecule has 0 heterocycles. The monoisotopic (exact) mass is 324 g/mol. The molecule has 1 saturated carbocycles. The van der Waals surface area contributed by atoms with Crippen LogP contribution in [0.25, 0.3) is 6.08 Å². The van der Waals surface area contributed by atoms with E-state index in [1.807, 2.05) is 0 Å². The molecule has 1 aromatic carbocycles. The van der Waals surface area contributed by atoms with Crippen LogP contribution < -0.4 is 0 Å². The zero-order valence-electron chi connectivity index (χ0n) is 11.2. The Morgan fingerprint density at radius 3 is 1.81 bits per heavy atom. The van der Waals surface area contributed by atoms with Crippen LogP contribution in [-0.2, 0) is 0 Å². The summed E-state index contributed by atoms with van der Waals surface area (Å²) >= 11 is 5.79. The first kappa shape index (κ1) is 16.3. The van der Waals surface area contributed by atoms with Gasteiger partial charge in [-0.15, -0.1) is 11.6 Å². The van der Waals surface area contributed by atoms with E-state index in [0.717, 1.165) is 38.2 Å². The van der Waals surface area contributed by atoms with E-state index in [1.165, 1.54) is 0 Å². The molecule has 116 valence electrons. The number of hydrogen-bond donors (Lipinski definition) is 0. The number of halogens is 6. The van der Waals surface area contributed by atoms with Gasteiger partial charge in [-0.3, -0.25) is 0 Å². The summed E-state index contributed by atoms with van der Waals surface area (Å²) in [4.78, 5) is 0. The van der Waals surface area contributed by atoms with Gasteiger partial charge in [0.2, 0.25) is 5.82 Å². The number of rotatable bonds is 3. The molecule has 0 unspecified atom stereocenters. The Hall–Kier alpha value is -1.10. The molecule has 0 radical (unpaired) electrons. The Labute approximate surface area is 124 Å². The molecule has 0 amide bonds. The van der Waals surface area contributed by atoms with Crippen LogP contribution in [0.4, 0.5) is 22.0 Å². The van der Waals surface area contributed by atoms with Crippen LogP contribution >= 0.6 is 11.6 Å². The lowest BCUT2D eigenvalue weighted by Gasteiger charge is -2.23. The van der Waals surface area contributed by atoms with E-state index >= 15 is 0 Å². The van der Waals surface area contributed by atoms with Gasteiger partial charge in [-0.1, -0.05) is 24.8 Å². The average molecular weight is 325 g/mol. The molecule has 21 heavy (non-hydrogen) atoms. The van der Waals surface area contributed by atoms with Gasteiger partial charge in [-0.25, -0.2) is 22.0 Å². The van der Waals surface area contributed by atoms with E-state index < -0.39 is 34.6 Å². The van der Waals surface area contributed by atoms with Gasteiger partial charge in [-0.2, -0.15) is 0 Å². The summed E-state index contributed by atoms with van der Waals surface area (Å²) in [5, 5.41) is 0. The maximum atomic E-state index is 13.7. The predicted octanol–water partition coefficient (Wildman–Crippen LogP) is 5.58. The van der Waals surface area contributed by atoms with Crippen LogP contribution in [0.1, 0.15) is 37.7 Å². The van der Waals surface area contributed by atoms with E-state index in [-0.39, 0.29) is 11.8 Å². The summed E-state index contributed by atoms with van der Waals surface area (Å²) in [6, 6.07) is 0. The van der Waals surface area contributed by atoms with E-state index in [9.17, 15) is 22.0 Å². The third-order valence-electron chi connectivity index (χ3n) is 3.86. The highest BCUT2D eigenvalue weighted by atomic mass is 35.5. The van der Waals surface area contributed by atoms with Crippen LogP contribution in [0, 0.1) is 35.0 Å². The van der Waals surface area contributed by atoms with E-state index in [0.29, 0.717) is 5.57 Å². The number of alkyl halides is 1. The summed E-state index contributed by atoms with van der Waals surface area (Å²) < 4.78 is 66.7.